The molecule has 0 bridgehead atoms. The van der Waals surface area contributed by atoms with Gasteiger partial charge < -0.3 is 9.64 Å². The maximum Gasteiger partial charge on any atom is 0.248 e. The molecule has 1 N–H and O–H groups in total. The normalized spacial score (nSPS) is 16.6. The van der Waals surface area contributed by atoms with Gasteiger partial charge in [-0.25, -0.2) is 5.48 Å². The summed E-state index contributed by atoms with van der Waals surface area (Å²) in [5, 5.41) is 0. The van der Waals surface area contributed by atoms with Crippen LogP contribution in [-0.2, 0) is 21.0 Å². The van der Waals surface area contributed by atoms with Gasteiger partial charge in [0.25, 0.3) is 0 Å². The third kappa shape index (κ3) is 4.40. The van der Waals surface area contributed by atoms with E-state index in [-0.39, 0.29) is 24.8 Å². The van der Waals surface area contributed by atoms with Crippen molar-refractivity contribution in [2.75, 3.05) is 18.1 Å². The number of nitrogens with one attached hydrogen (secondary N) is 1. The Morgan fingerprint density at radius 1 is 1.15 bits per heavy atom. The van der Waals surface area contributed by atoms with Gasteiger partial charge in [0.2, 0.25) is 11.8 Å². The SMILES string of the molecule is CCOc1ccc(N2C[C@@H](C(=O)NOCc3ccccc3)CC2=O)cc1. The first-order valence-electron chi connectivity index (χ1n) is 8.66. The number of hydroxylamine groups is 1. The fourth-order valence-electron chi connectivity index (χ4n) is 2.87. The maximum absolute atomic E-state index is 12.3. The van der Waals surface area contributed by atoms with E-state index in [0.717, 1.165) is 17.0 Å². The highest BCUT2D eigenvalue weighted by molar-refractivity contribution is 6.00. The highest BCUT2D eigenvalue weighted by Gasteiger charge is 2.35. The number of hydrogen-bond acceptors (Lipinski definition) is 4. The topological polar surface area (TPSA) is 67.9 Å². The minimum absolute atomic E-state index is 0.0719. The Labute approximate surface area is 152 Å². The molecule has 3 rings (SSSR count). The van der Waals surface area contributed by atoms with Crippen molar-refractivity contribution in [3.05, 3.63) is 60.2 Å². The molecule has 2 amide bonds. The number of carbonyl (C=O) groups excluding carboxylic acids is 2. The maximum atomic E-state index is 12.3. The van der Waals surface area contributed by atoms with E-state index in [4.69, 9.17) is 9.57 Å². The smallest absolute Gasteiger partial charge is 0.248 e. The van der Waals surface area contributed by atoms with Gasteiger partial charge in [-0.3, -0.25) is 14.4 Å². The Morgan fingerprint density at radius 3 is 2.58 bits per heavy atom. The molecule has 26 heavy (non-hydrogen) atoms. The van der Waals surface area contributed by atoms with Crippen LogP contribution in [0.15, 0.2) is 54.6 Å². The number of carbonyl (C=O) groups is 2. The van der Waals surface area contributed by atoms with Gasteiger partial charge in [-0.2, -0.15) is 0 Å². The lowest BCUT2D eigenvalue weighted by atomic mass is 10.1. The minimum Gasteiger partial charge on any atom is -0.494 e. The molecule has 2 aromatic rings. The van der Waals surface area contributed by atoms with Crippen LogP contribution < -0.4 is 15.1 Å². The van der Waals surface area contributed by atoms with Gasteiger partial charge >= 0.3 is 0 Å². The molecule has 2 aromatic carbocycles. The molecule has 1 saturated heterocycles. The summed E-state index contributed by atoms with van der Waals surface area (Å²) in [4.78, 5) is 31.4. The summed E-state index contributed by atoms with van der Waals surface area (Å²) in [6.07, 6.45) is 0.174. The zero-order valence-electron chi connectivity index (χ0n) is 14.7. The lowest BCUT2D eigenvalue weighted by Gasteiger charge is -2.17. The second-order valence-corrected chi connectivity index (χ2v) is 6.07. The molecule has 0 spiro atoms. The lowest BCUT2D eigenvalue weighted by molar-refractivity contribution is -0.138. The Kier molecular flexibility index (Phi) is 5.86. The summed E-state index contributed by atoms with van der Waals surface area (Å²) in [5.41, 5.74) is 4.18. The molecule has 1 atom stereocenters. The molecule has 1 aliphatic heterocycles. The minimum atomic E-state index is -0.426. The molecular formula is C20H22N2O4. The highest BCUT2D eigenvalue weighted by atomic mass is 16.6. The van der Waals surface area contributed by atoms with Crippen LogP contribution in [0, 0.1) is 5.92 Å². The summed E-state index contributed by atoms with van der Waals surface area (Å²) in [6.45, 7) is 3.14. The van der Waals surface area contributed by atoms with Crippen LogP contribution in [0.25, 0.3) is 0 Å². The summed E-state index contributed by atoms with van der Waals surface area (Å²) >= 11 is 0. The van der Waals surface area contributed by atoms with Crippen molar-refractivity contribution in [1.82, 2.24) is 5.48 Å². The van der Waals surface area contributed by atoms with E-state index in [2.05, 4.69) is 5.48 Å². The van der Waals surface area contributed by atoms with Crippen LogP contribution in [0.5, 0.6) is 5.75 Å². The fourth-order valence-corrected chi connectivity index (χ4v) is 2.87. The third-order valence-corrected chi connectivity index (χ3v) is 4.21. The first-order valence-corrected chi connectivity index (χ1v) is 8.66. The first-order chi connectivity index (χ1) is 12.7. The Morgan fingerprint density at radius 2 is 1.88 bits per heavy atom. The molecule has 136 valence electrons. The van der Waals surface area contributed by atoms with Crippen LogP contribution in [0.4, 0.5) is 5.69 Å². The van der Waals surface area contributed by atoms with E-state index < -0.39 is 5.92 Å². The fraction of sp³-hybridized carbons (Fsp3) is 0.300. The van der Waals surface area contributed by atoms with Crippen molar-refractivity contribution >= 4 is 17.5 Å². The van der Waals surface area contributed by atoms with Gasteiger partial charge in [0, 0.05) is 18.7 Å². The van der Waals surface area contributed by atoms with Crippen molar-refractivity contribution in [2.24, 2.45) is 5.92 Å². The van der Waals surface area contributed by atoms with Crippen LogP contribution in [0.2, 0.25) is 0 Å². The molecule has 6 nitrogen and oxygen atoms in total. The molecule has 0 saturated carbocycles. The number of amides is 2. The van der Waals surface area contributed by atoms with E-state index in [9.17, 15) is 9.59 Å². The van der Waals surface area contributed by atoms with Gasteiger partial charge in [0.05, 0.1) is 19.1 Å². The van der Waals surface area contributed by atoms with Gasteiger partial charge in [-0.1, -0.05) is 30.3 Å². The largest absolute Gasteiger partial charge is 0.494 e. The van der Waals surface area contributed by atoms with E-state index in [1.165, 1.54) is 0 Å². The predicted octanol–water partition coefficient (Wildman–Crippen LogP) is 2.69. The van der Waals surface area contributed by atoms with E-state index in [0.29, 0.717) is 13.2 Å². The van der Waals surface area contributed by atoms with Crippen molar-refractivity contribution in [2.45, 2.75) is 20.0 Å². The van der Waals surface area contributed by atoms with Gasteiger partial charge in [-0.05, 0) is 36.8 Å². The van der Waals surface area contributed by atoms with Crippen molar-refractivity contribution in [3.8, 4) is 5.75 Å². The molecular weight excluding hydrogens is 332 g/mol. The lowest BCUT2D eigenvalue weighted by Crippen LogP contribution is -2.33. The third-order valence-electron chi connectivity index (χ3n) is 4.21. The average Bonchev–Trinajstić information content (AvgIpc) is 3.05. The predicted molar refractivity (Wildman–Crippen MR) is 97.4 cm³/mol. The zero-order valence-corrected chi connectivity index (χ0v) is 14.7. The highest BCUT2D eigenvalue weighted by Crippen LogP contribution is 2.27. The van der Waals surface area contributed by atoms with E-state index >= 15 is 0 Å². The van der Waals surface area contributed by atoms with Crippen molar-refractivity contribution < 1.29 is 19.2 Å². The second-order valence-electron chi connectivity index (χ2n) is 6.07. The monoisotopic (exact) mass is 354 g/mol. The number of rotatable bonds is 7. The van der Waals surface area contributed by atoms with Crippen LogP contribution in [0.1, 0.15) is 18.9 Å². The zero-order chi connectivity index (χ0) is 18.4. The number of nitrogens with zero attached hydrogens (tertiary/aromatic N) is 1. The summed E-state index contributed by atoms with van der Waals surface area (Å²) < 4.78 is 5.41. The molecule has 0 unspecified atom stereocenters. The molecule has 1 fully saturated rings. The Bertz CT molecular complexity index is 746. The Hall–Kier alpha value is -2.86. The second kappa shape index (κ2) is 8.49. The number of anilines is 1. The summed E-state index contributed by atoms with van der Waals surface area (Å²) in [7, 11) is 0. The molecule has 0 aliphatic carbocycles. The van der Waals surface area contributed by atoms with Crippen molar-refractivity contribution in [3.63, 3.8) is 0 Å². The van der Waals surface area contributed by atoms with Crippen LogP contribution in [0.3, 0.4) is 0 Å². The molecule has 0 aromatic heterocycles. The van der Waals surface area contributed by atoms with E-state index in [1.807, 2.05) is 61.5 Å². The van der Waals surface area contributed by atoms with Crippen LogP contribution >= 0.6 is 0 Å². The number of hydrogen-bond donors (Lipinski definition) is 1. The quantitative estimate of drug-likeness (QED) is 0.776. The number of benzene rings is 2. The van der Waals surface area contributed by atoms with Crippen molar-refractivity contribution in [1.29, 1.82) is 0 Å². The van der Waals surface area contributed by atoms with E-state index in [1.54, 1.807) is 4.90 Å². The van der Waals surface area contributed by atoms with Gasteiger partial charge in [-0.15, -0.1) is 0 Å². The molecule has 6 heteroatoms. The number of ether oxygens (including phenoxy) is 1. The van der Waals surface area contributed by atoms with Crippen LogP contribution in [-0.4, -0.2) is 25.0 Å². The molecule has 1 aliphatic rings. The first kappa shape index (κ1) is 17.9. The molecule has 1 heterocycles. The summed E-state index contributed by atoms with van der Waals surface area (Å²) in [6, 6.07) is 16.9. The summed E-state index contributed by atoms with van der Waals surface area (Å²) in [5.74, 6) is -0.0172. The van der Waals surface area contributed by atoms with Gasteiger partial charge in [0.15, 0.2) is 0 Å². The standard InChI is InChI=1S/C20H22N2O4/c1-2-25-18-10-8-17(9-11-18)22-13-16(12-19(22)23)20(24)21-26-14-15-6-4-3-5-7-15/h3-11,16H,2,12-14H2,1H3,(H,21,24)/t16-/m0/s1. The molecule has 0 radical (unpaired) electrons. The average molecular weight is 354 g/mol. The Balaban J connectivity index is 1.52. The van der Waals surface area contributed by atoms with Gasteiger partial charge in [0.1, 0.15) is 5.75 Å².